The Morgan fingerprint density at radius 3 is 2.36 bits per heavy atom. The highest BCUT2D eigenvalue weighted by molar-refractivity contribution is 9.10. The van der Waals surface area contributed by atoms with Crippen LogP contribution in [-0.2, 0) is 20.9 Å². The fourth-order valence-electron chi connectivity index (χ4n) is 5.19. The molecule has 3 atom stereocenters. The predicted molar refractivity (Wildman–Crippen MR) is 168 cm³/mol. The summed E-state index contributed by atoms with van der Waals surface area (Å²) < 4.78 is 7.50. The molecule has 0 aliphatic carbocycles. The zero-order valence-electron chi connectivity index (χ0n) is 21.7. The molecule has 2 aliphatic heterocycles. The van der Waals surface area contributed by atoms with Gasteiger partial charge in [0.1, 0.15) is 17.5 Å². The fourth-order valence-corrected chi connectivity index (χ4v) is 8.52. The molecule has 3 heterocycles. The number of anilines is 2. The third kappa shape index (κ3) is 5.17. The maximum Gasteiger partial charge on any atom is 0.308 e. The van der Waals surface area contributed by atoms with Crippen LogP contribution in [-0.4, -0.2) is 34.6 Å². The van der Waals surface area contributed by atoms with Crippen LogP contribution in [0.3, 0.4) is 0 Å². The van der Waals surface area contributed by atoms with Gasteiger partial charge in [0.05, 0.1) is 33.8 Å². The number of imide groups is 1. The molecule has 2 unspecified atom stereocenters. The number of benzene rings is 3. The molecule has 4 aromatic rings. The quantitative estimate of drug-likeness (QED) is 0.233. The van der Waals surface area contributed by atoms with Crippen LogP contribution >= 0.6 is 62.2 Å². The Hall–Kier alpha value is -3.09. The molecular formula is C29H20BrCl2N3O5S2. The average Bonchev–Trinajstić information content (AvgIpc) is 3.41. The third-order valence-electron chi connectivity index (χ3n) is 7.11. The Morgan fingerprint density at radius 2 is 1.69 bits per heavy atom. The minimum atomic E-state index is -0.792. The van der Waals surface area contributed by atoms with Gasteiger partial charge in [0, 0.05) is 21.0 Å². The molecule has 1 N–H and O–H groups in total. The first-order valence-electron chi connectivity index (χ1n) is 12.6. The van der Waals surface area contributed by atoms with E-state index < -0.39 is 23.0 Å². The molecule has 42 heavy (non-hydrogen) atoms. The number of halogens is 3. The molecule has 1 fully saturated rings. The van der Waals surface area contributed by atoms with Gasteiger partial charge in [-0.1, -0.05) is 74.4 Å². The van der Waals surface area contributed by atoms with Gasteiger partial charge in [-0.15, -0.1) is 0 Å². The number of aromatic nitrogens is 1. The lowest BCUT2D eigenvalue weighted by Gasteiger charge is -2.30. The highest BCUT2D eigenvalue weighted by Gasteiger charge is 2.56. The molecule has 0 bridgehead atoms. The molecule has 0 spiro atoms. The molecule has 214 valence electrons. The van der Waals surface area contributed by atoms with Crippen LogP contribution in [0.4, 0.5) is 11.4 Å². The number of hydrogen-bond acceptors (Lipinski definition) is 7. The number of amides is 3. The summed E-state index contributed by atoms with van der Waals surface area (Å²) in [6.07, 6.45) is 0. The van der Waals surface area contributed by atoms with Crippen molar-refractivity contribution in [3.8, 4) is 5.75 Å². The van der Waals surface area contributed by atoms with Crippen molar-refractivity contribution in [1.29, 1.82) is 0 Å². The lowest BCUT2D eigenvalue weighted by molar-refractivity contribution is -0.122. The predicted octanol–water partition coefficient (Wildman–Crippen LogP) is 6.42. The first kappa shape index (κ1) is 29.0. The summed E-state index contributed by atoms with van der Waals surface area (Å²) in [5.74, 6) is -1.85. The van der Waals surface area contributed by atoms with Crippen molar-refractivity contribution in [3.63, 3.8) is 0 Å². The number of carbonyl (C=O) groups excluding carboxylic acids is 3. The van der Waals surface area contributed by atoms with Gasteiger partial charge in [0.25, 0.3) is 0 Å². The smallest absolute Gasteiger partial charge is 0.308 e. The summed E-state index contributed by atoms with van der Waals surface area (Å²) in [6, 6.07) is 18.9. The van der Waals surface area contributed by atoms with Gasteiger partial charge in [0.2, 0.25) is 17.7 Å². The number of carbonyl (C=O) groups is 3. The van der Waals surface area contributed by atoms with E-state index >= 15 is 0 Å². The summed E-state index contributed by atoms with van der Waals surface area (Å²) in [7, 11) is 1.56. The van der Waals surface area contributed by atoms with Crippen LogP contribution in [0.25, 0.3) is 0 Å². The van der Waals surface area contributed by atoms with E-state index in [2.05, 4.69) is 21.2 Å². The molecular weight excluding hydrogens is 685 g/mol. The summed E-state index contributed by atoms with van der Waals surface area (Å²) in [6.45, 7) is -0.288. The standard InChI is InChI=1S/C29H20BrCl2N3O5S2/c1-40-18-9-2-14(3-10-18)22-23-24(27(38)35(26(23)37)17-7-4-15(30)5-8-17)41-28-25(22)42-29(39)34(28)13-21(36)33-16-6-11-19(31)20(32)12-16/h2-12,22-24H,13H2,1H3,(H,33,36)/t22-,23?,24?/m1/s1. The van der Waals surface area contributed by atoms with E-state index in [1.54, 1.807) is 55.6 Å². The Labute approximate surface area is 266 Å². The van der Waals surface area contributed by atoms with E-state index in [0.717, 1.165) is 33.1 Å². The van der Waals surface area contributed by atoms with Gasteiger partial charge in [-0.3, -0.25) is 23.7 Å². The first-order valence-corrected chi connectivity index (χ1v) is 15.8. The Kier molecular flexibility index (Phi) is 7.97. The third-order valence-corrected chi connectivity index (χ3v) is 11.0. The number of nitrogens with zero attached hydrogens (tertiary/aromatic N) is 2. The summed E-state index contributed by atoms with van der Waals surface area (Å²) in [4.78, 5) is 55.7. The topological polar surface area (TPSA) is 97.7 Å². The normalized spacial score (nSPS) is 19.4. The molecule has 8 nitrogen and oxygen atoms in total. The molecule has 1 aromatic heterocycles. The molecule has 1 saturated heterocycles. The van der Waals surface area contributed by atoms with Crippen LogP contribution in [0.1, 0.15) is 16.4 Å². The Morgan fingerprint density at radius 1 is 0.976 bits per heavy atom. The van der Waals surface area contributed by atoms with E-state index in [9.17, 15) is 19.2 Å². The SMILES string of the molecule is COc1ccc([C@H]2c3sc(=O)n(CC(=O)Nc4ccc(Cl)c(Cl)c4)c3SC3C(=O)N(c4ccc(Br)cc4)C(=O)C32)cc1. The Balaban J connectivity index is 1.40. The number of ether oxygens (including phenoxy) is 1. The average molecular weight is 705 g/mol. The molecule has 0 radical (unpaired) electrons. The van der Waals surface area contributed by atoms with E-state index in [1.807, 2.05) is 12.1 Å². The highest BCUT2D eigenvalue weighted by atomic mass is 79.9. The summed E-state index contributed by atoms with van der Waals surface area (Å²) in [5.41, 5.74) is 1.66. The molecule has 6 rings (SSSR count). The highest BCUT2D eigenvalue weighted by Crippen LogP contribution is 2.54. The van der Waals surface area contributed by atoms with Crippen LogP contribution in [0.2, 0.25) is 10.0 Å². The van der Waals surface area contributed by atoms with Gasteiger partial charge in [0.15, 0.2) is 0 Å². The second-order valence-corrected chi connectivity index (χ2v) is 13.5. The van der Waals surface area contributed by atoms with Crippen molar-refractivity contribution in [2.45, 2.75) is 22.7 Å². The number of thioether (sulfide) groups is 1. The first-order chi connectivity index (χ1) is 20.2. The number of thiazole rings is 1. The molecule has 3 aromatic carbocycles. The van der Waals surface area contributed by atoms with Crippen molar-refractivity contribution < 1.29 is 19.1 Å². The van der Waals surface area contributed by atoms with Crippen molar-refractivity contribution in [3.05, 3.63) is 101 Å². The zero-order chi connectivity index (χ0) is 29.7. The van der Waals surface area contributed by atoms with Crippen LogP contribution < -0.4 is 19.8 Å². The van der Waals surface area contributed by atoms with Gasteiger partial charge in [-0.05, 0) is 60.2 Å². The van der Waals surface area contributed by atoms with E-state index in [1.165, 1.54) is 15.5 Å². The number of rotatable bonds is 6. The van der Waals surface area contributed by atoms with Gasteiger partial charge in [-0.2, -0.15) is 0 Å². The number of fused-ring (bicyclic) bond motifs is 2. The number of hydrogen-bond donors (Lipinski definition) is 1. The van der Waals surface area contributed by atoms with Crippen molar-refractivity contribution in [2.75, 3.05) is 17.3 Å². The van der Waals surface area contributed by atoms with E-state index in [4.69, 9.17) is 27.9 Å². The summed E-state index contributed by atoms with van der Waals surface area (Å²) >= 11 is 17.6. The monoisotopic (exact) mass is 703 g/mol. The van der Waals surface area contributed by atoms with Gasteiger partial charge >= 0.3 is 4.87 Å². The lowest BCUT2D eigenvalue weighted by Crippen LogP contribution is -2.33. The van der Waals surface area contributed by atoms with Crippen molar-refractivity contribution in [2.24, 2.45) is 5.92 Å². The second-order valence-electron chi connectivity index (χ2n) is 9.60. The number of methoxy groups -OCH3 is 1. The minimum absolute atomic E-state index is 0.281. The summed E-state index contributed by atoms with van der Waals surface area (Å²) in [5, 5.41) is 3.07. The van der Waals surface area contributed by atoms with Gasteiger partial charge in [-0.25, -0.2) is 4.90 Å². The molecule has 2 aliphatic rings. The van der Waals surface area contributed by atoms with Crippen LogP contribution in [0, 0.1) is 5.92 Å². The van der Waals surface area contributed by atoms with Crippen molar-refractivity contribution in [1.82, 2.24) is 4.57 Å². The van der Waals surface area contributed by atoms with Gasteiger partial charge < -0.3 is 10.1 Å². The van der Waals surface area contributed by atoms with Crippen LogP contribution in [0.15, 0.2) is 81.0 Å². The lowest BCUT2D eigenvalue weighted by atomic mass is 9.83. The Bertz CT molecular complexity index is 1790. The van der Waals surface area contributed by atoms with E-state index in [-0.39, 0.29) is 28.3 Å². The minimum Gasteiger partial charge on any atom is -0.497 e. The maximum absolute atomic E-state index is 14.0. The molecule has 13 heteroatoms. The fraction of sp³-hybridized carbons (Fsp3) is 0.172. The van der Waals surface area contributed by atoms with Crippen LogP contribution in [0.5, 0.6) is 5.75 Å². The second kappa shape index (κ2) is 11.5. The largest absolute Gasteiger partial charge is 0.497 e. The maximum atomic E-state index is 14.0. The number of nitrogens with one attached hydrogen (secondary N) is 1. The zero-order valence-corrected chi connectivity index (χ0v) is 26.4. The van der Waals surface area contributed by atoms with E-state index in [0.29, 0.717) is 32.1 Å². The molecule has 0 saturated carbocycles. The molecule has 3 amide bonds. The van der Waals surface area contributed by atoms with Crippen molar-refractivity contribution >= 4 is 91.3 Å².